The molecule has 0 radical (unpaired) electrons. The Morgan fingerprint density at radius 3 is 0.953 bits per heavy atom. The summed E-state index contributed by atoms with van der Waals surface area (Å²) in [7, 11) is 0. The third-order valence-electron chi connectivity index (χ3n) is 15.8. The normalized spacial score (nSPS) is 10.7. The van der Waals surface area contributed by atoms with Crippen LogP contribution in [0.15, 0.2) is 280 Å². The molecule has 16 aromatic rings. The van der Waals surface area contributed by atoms with E-state index in [4.69, 9.17) is 81.2 Å². The van der Waals surface area contributed by atoms with Crippen LogP contribution >= 0.6 is 81.2 Å². The van der Waals surface area contributed by atoms with Crippen molar-refractivity contribution in [2.24, 2.45) is 0 Å². The van der Waals surface area contributed by atoms with E-state index in [1.807, 2.05) is 97.1 Å². The van der Waals surface area contributed by atoms with E-state index in [1.54, 1.807) is 164 Å². The number of carbonyl (C=O) groups excluding carboxylic acids is 4. The Morgan fingerprint density at radius 2 is 0.607 bits per heavy atom. The number of aromatic nitrogens is 11. The minimum atomic E-state index is -0.356. The van der Waals surface area contributed by atoms with Gasteiger partial charge in [-0.2, -0.15) is 0 Å². The standard InChI is InChI=1S/C21H13Cl2N3O.2C20H12Cl2N4O.C20H13ClN4O/c22-14-7-5-13(6-8-14)21(27)25-15-9-10-17(23)16(11-15)20-12-24-18-3-1-2-4-19(18)26-20;21-15-8-7-12(25-20(27)13-4-3-9-23-19(13)22)10-14(15)18-11-24-16-5-1-2-6-17(16)26-18;21-15-7-6-13(25-20(27)12-5-8-19(22)24-10-12)9-14(15)18-11-23-16-3-1-2-4-17(16)26-18;21-16-8-7-14(24-20(26)13-4-3-9-22-11-13)10-15(16)19-12-23-17-5-1-2-6-18(17)25-19/h1-12H,(H,25,27);2*1-11H,(H,25,27);1-12H,(H,24,26). The monoisotopic (exact) mass is 1540 g/mol. The number of benzene rings is 9. The van der Waals surface area contributed by atoms with Gasteiger partial charge in [-0.25, -0.2) is 29.9 Å². The number of nitrogens with one attached hydrogen (secondary N) is 4. The summed E-state index contributed by atoms with van der Waals surface area (Å²) in [5.74, 6) is -1.12. The Kier molecular flexibility index (Phi) is 23.3. The van der Waals surface area contributed by atoms with Crippen molar-refractivity contribution in [3.63, 3.8) is 0 Å². The summed E-state index contributed by atoms with van der Waals surface area (Å²) >= 11 is 43.0. The second-order valence-corrected chi connectivity index (χ2v) is 25.8. The van der Waals surface area contributed by atoms with E-state index in [-0.39, 0.29) is 28.8 Å². The zero-order valence-corrected chi connectivity index (χ0v) is 60.5. The molecule has 0 aliphatic rings. The molecule has 0 unspecified atom stereocenters. The Morgan fingerprint density at radius 1 is 0.271 bits per heavy atom. The van der Waals surface area contributed by atoms with Crippen molar-refractivity contribution in [3.8, 4) is 45.0 Å². The average Bonchev–Trinajstić information content (AvgIpc) is 0.818. The second kappa shape index (κ2) is 34.1. The predicted molar refractivity (Wildman–Crippen MR) is 426 cm³/mol. The molecule has 4 amide bonds. The Labute approximate surface area is 645 Å². The zero-order valence-electron chi connectivity index (χ0n) is 55.3. The maximum Gasteiger partial charge on any atom is 0.258 e. The lowest BCUT2D eigenvalue weighted by molar-refractivity contribution is 0.101. The summed E-state index contributed by atoms with van der Waals surface area (Å²) in [6, 6.07) is 67.8. The van der Waals surface area contributed by atoms with Crippen molar-refractivity contribution in [1.29, 1.82) is 0 Å². The number of pyridine rings is 3. The summed E-state index contributed by atoms with van der Waals surface area (Å²) in [6.07, 6.45) is 12.8. The molecule has 16 rings (SSSR count). The summed E-state index contributed by atoms with van der Waals surface area (Å²) < 4.78 is 0. The molecule has 0 fully saturated rings. The third kappa shape index (κ3) is 18.4. The topological polar surface area (TPSA) is 258 Å². The fourth-order valence-corrected chi connectivity index (χ4v) is 11.8. The lowest BCUT2D eigenvalue weighted by atomic mass is 10.1. The minimum Gasteiger partial charge on any atom is -0.322 e. The fraction of sp³-hybridized carbons (Fsp3) is 0. The molecule has 0 bridgehead atoms. The van der Waals surface area contributed by atoms with Crippen molar-refractivity contribution in [2.45, 2.75) is 0 Å². The molecule has 107 heavy (non-hydrogen) atoms. The highest BCUT2D eigenvalue weighted by Crippen LogP contribution is 2.35. The average molecular weight is 1550 g/mol. The molecule has 0 atom stereocenters. The smallest absolute Gasteiger partial charge is 0.258 e. The number of nitrogens with zero attached hydrogens (tertiary/aromatic N) is 11. The molecule has 0 saturated heterocycles. The van der Waals surface area contributed by atoms with Crippen molar-refractivity contribution in [1.82, 2.24) is 54.8 Å². The van der Waals surface area contributed by atoms with Gasteiger partial charge in [-0.15, -0.1) is 0 Å². The maximum atomic E-state index is 12.4. The lowest BCUT2D eigenvalue weighted by Crippen LogP contribution is -2.13. The van der Waals surface area contributed by atoms with Crippen LogP contribution in [0.3, 0.4) is 0 Å². The molecule has 7 aromatic heterocycles. The van der Waals surface area contributed by atoms with E-state index < -0.39 is 0 Å². The van der Waals surface area contributed by atoms with Gasteiger partial charge < -0.3 is 21.3 Å². The molecule has 0 aliphatic heterocycles. The number of amides is 4. The summed E-state index contributed by atoms with van der Waals surface area (Å²) in [5.41, 5.74) is 15.7. The summed E-state index contributed by atoms with van der Waals surface area (Å²) in [4.78, 5) is 97.5. The highest BCUT2D eigenvalue weighted by atomic mass is 35.5. The van der Waals surface area contributed by atoms with Crippen LogP contribution in [0, 0.1) is 0 Å². The number of anilines is 4. The van der Waals surface area contributed by atoms with Gasteiger partial charge in [0, 0.05) is 80.4 Å². The molecule has 0 aliphatic carbocycles. The largest absolute Gasteiger partial charge is 0.322 e. The quantitative estimate of drug-likeness (QED) is 0.0829. The first-order valence-electron chi connectivity index (χ1n) is 32.2. The molecule has 0 spiro atoms. The van der Waals surface area contributed by atoms with Crippen molar-refractivity contribution >= 4 is 172 Å². The van der Waals surface area contributed by atoms with E-state index in [0.29, 0.717) is 120 Å². The van der Waals surface area contributed by atoms with Crippen LogP contribution in [0.4, 0.5) is 22.7 Å². The number of para-hydroxylation sites is 8. The number of rotatable bonds is 12. The first kappa shape index (κ1) is 73.0. The van der Waals surface area contributed by atoms with Gasteiger partial charge in [-0.3, -0.25) is 44.1 Å². The van der Waals surface area contributed by atoms with E-state index in [9.17, 15) is 19.2 Å². The molecular formula is C81H50Cl7N15O4. The van der Waals surface area contributed by atoms with Crippen molar-refractivity contribution < 1.29 is 19.2 Å². The van der Waals surface area contributed by atoms with E-state index in [1.165, 1.54) is 18.6 Å². The van der Waals surface area contributed by atoms with Gasteiger partial charge in [0.05, 0.1) is 128 Å². The van der Waals surface area contributed by atoms with Gasteiger partial charge >= 0.3 is 0 Å². The third-order valence-corrected chi connectivity index (χ3v) is 17.9. The summed E-state index contributed by atoms with van der Waals surface area (Å²) in [6.45, 7) is 0. The highest BCUT2D eigenvalue weighted by Gasteiger charge is 2.18. The Balaban J connectivity index is 0.000000126. The van der Waals surface area contributed by atoms with Crippen LogP contribution in [-0.4, -0.2) is 78.5 Å². The van der Waals surface area contributed by atoms with Crippen molar-refractivity contribution in [2.75, 3.05) is 21.3 Å². The minimum absolute atomic E-state index is 0.143. The van der Waals surface area contributed by atoms with Crippen LogP contribution < -0.4 is 21.3 Å². The number of hydrogen-bond donors (Lipinski definition) is 4. The van der Waals surface area contributed by atoms with Crippen LogP contribution in [0.2, 0.25) is 35.4 Å². The Bertz CT molecular complexity index is 5830. The van der Waals surface area contributed by atoms with Gasteiger partial charge in [-0.1, -0.05) is 130 Å². The van der Waals surface area contributed by atoms with Crippen LogP contribution in [0.25, 0.3) is 89.2 Å². The molecule has 26 heteroatoms. The first-order chi connectivity index (χ1) is 52.0. The number of fused-ring (bicyclic) bond motifs is 4. The first-order valence-corrected chi connectivity index (χ1v) is 34.9. The van der Waals surface area contributed by atoms with Gasteiger partial charge in [0.25, 0.3) is 23.6 Å². The maximum absolute atomic E-state index is 12.4. The molecule has 4 N–H and O–H groups in total. The fourth-order valence-electron chi connectivity index (χ4n) is 10.5. The molecule has 7 heterocycles. The molecule has 522 valence electrons. The van der Waals surface area contributed by atoms with E-state index in [2.05, 4.69) is 76.1 Å². The van der Waals surface area contributed by atoms with Gasteiger partial charge in [0.1, 0.15) is 10.3 Å². The Hall–Kier alpha value is -12.3. The van der Waals surface area contributed by atoms with Crippen LogP contribution in [0.1, 0.15) is 41.4 Å². The molecule has 19 nitrogen and oxygen atoms in total. The zero-order chi connectivity index (χ0) is 74.3. The van der Waals surface area contributed by atoms with Crippen LogP contribution in [0.5, 0.6) is 0 Å². The van der Waals surface area contributed by atoms with Crippen molar-refractivity contribution in [3.05, 3.63) is 338 Å². The second-order valence-electron chi connectivity index (χ2n) is 23.0. The number of carbonyl (C=O) groups is 4. The number of halogens is 7. The predicted octanol–water partition coefficient (Wildman–Crippen LogP) is 21.0. The molecule has 9 aromatic carbocycles. The molecule has 0 saturated carbocycles. The van der Waals surface area contributed by atoms with Gasteiger partial charge in [0.2, 0.25) is 0 Å². The number of hydrogen-bond acceptors (Lipinski definition) is 15. The van der Waals surface area contributed by atoms with E-state index in [0.717, 1.165) is 44.1 Å². The van der Waals surface area contributed by atoms with Crippen LogP contribution in [-0.2, 0) is 0 Å². The summed E-state index contributed by atoms with van der Waals surface area (Å²) in [5, 5.41) is 14.5. The highest BCUT2D eigenvalue weighted by molar-refractivity contribution is 6.35. The van der Waals surface area contributed by atoms with Gasteiger partial charge in [-0.05, 0) is 182 Å². The molecular weight excluding hydrogens is 1500 g/mol. The van der Waals surface area contributed by atoms with E-state index >= 15 is 0 Å². The SMILES string of the molecule is O=C(Nc1ccc(Cl)c(-c2cnc3ccccc3n2)c1)c1ccc(Cl)cc1.O=C(Nc1ccc(Cl)c(-c2cnc3ccccc3n2)c1)c1ccc(Cl)nc1.O=C(Nc1ccc(Cl)c(-c2cnc3ccccc3n2)c1)c1cccnc1.O=C(Nc1ccc(Cl)c(-c2cnc3ccccc3n2)c1)c1cccnc1Cl. The van der Waals surface area contributed by atoms with Gasteiger partial charge in [0.15, 0.2) is 0 Å². The lowest BCUT2D eigenvalue weighted by Gasteiger charge is -2.10.